The van der Waals surface area contributed by atoms with Gasteiger partial charge in [0.2, 0.25) is 6.43 Å². The second-order valence-electron chi connectivity index (χ2n) is 6.23. The minimum absolute atomic E-state index is 0.0158. The molecule has 5 heteroatoms. The molecule has 1 N–H and O–H groups in total. The molecule has 2 aromatic rings. The summed E-state index contributed by atoms with van der Waals surface area (Å²) in [6.45, 7) is 3.80. The number of thioether (sulfide) groups is 1. The second-order valence-corrected chi connectivity index (χ2v) is 7.48. The number of hydrogen-bond donors (Lipinski definition) is 1. The van der Waals surface area contributed by atoms with E-state index in [1.54, 1.807) is 24.3 Å². The molecule has 0 aliphatic heterocycles. The SMILES string of the molecule is C/C=C(/CO)S/C(=C\C)Cc1ccc(CC(F)F)c(-c2cccc(C#N)c2)c1. The Morgan fingerprint density at radius 1 is 1.14 bits per heavy atom. The number of rotatable bonds is 8. The quantitative estimate of drug-likeness (QED) is 0.582. The third kappa shape index (κ3) is 6.05. The summed E-state index contributed by atoms with van der Waals surface area (Å²) in [6, 6.07) is 14.7. The maximum atomic E-state index is 13.1. The van der Waals surface area contributed by atoms with Gasteiger partial charge in [-0.15, -0.1) is 0 Å². The van der Waals surface area contributed by atoms with Gasteiger partial charge in [-0.1, -0.05) is 54.2 Å². The van der Waals surface area contributed by atoms with Crippen molar-refractivity contribution in [2.75, 3.05) is 6.61 Å². The van der Waals surface area contributed by atoms with Gasteiger partial charge in [-0.05, 0) is 53.1 Å². The molecule has 28 heavy (non-hydrogen) atoms. The third-order valence-corrected chi connectivity index (χ3v) is 5.56. The van der Waals surface area contributed by atoms with Crippen LogP contribution in [0, 0.1) is 11.3 Å². The van der Waals surface area contributed by atoms with Crippen molar-refractivity contribution in [3.63, 3.8) is 0 Å². The lowest BCUT2D eigenvalue weighted by molar-refractivity contribution is 0.149. The molecule has 0 unspecified atom stereocenters. The molecule has 2 nitrogen and oxygen atoms in total. The fourth-order valence-electron chi connectivity index (χ4n) is 2.85. The number of alkyl halides is 2. The number of nitriles is 1. The molecular formula is C23H23F2NOS. The van der Waals surface area contributed by atoms with Crippen molar-refractivity contribution < 1.29 is 13.9 Å². The molecule has 146 valence electrons. The van der Waals surface area contributed by atoms with Crippen molar-refractivity contribution in [2.24, 2.45) is 0 Å². The van der Waals surface area contributed by atoms with E-state index in [0.717, 1.165) is 26.5 Å². The Labute approximate surface area is 169 Å². The molecule has 0 heterocycles. The summed E-state index contributed by atoms with van der Waals surface area (Å²) in [6.07, 6.45) is 1.74. The summed E-state index contributed by atoms with van der Waals surface area (Å²) in [5, 5.41) is 18.5. The van der Waals surface area contributed by atoms with E-state index in [4.69, 9.17) is 5.26 Å². The number of aliphatic hydroxyl groups excluding tert-OH is 1. The maximum Gasteiger partial charge on any atom is 0.242 e. The summed E-state index contributed by atoms with van der Waals surface area (Å²) in [4.78, 5) is 1.94. The molecule has 0 spiro atoms. The molecule has 0 fully saturated rings. The largest absolute Gasteiger partial charge is 0.391 e. The van der Waals surface area contributed by atoms with Crippen molar-refractivity contribution in [1.29, 1.82) is 5.26 Å². The third-order valence-electron chi connectivity index (χ3n) is 4.29. The molecule has 0 amide bonds. The van der Waals surface area contributed by atoms with Crippen molar-refractivity contribution in [1.82, 2.24) is 0 Å². The fourth-order valence-corrected chi connectivity index (χ4v) is 3.73. The van der Waals surface area contributed by atoms with Crippen LogP contribution in [-0.4, -0.2) is 18.1 Å². The zero-order valence-electron chi connectivity index (χ0n) is 16.0. The molecule has 2 rings (SSSR count). The highest BCUT2D eigenvalue weighted by molar-refractivity contribution is 8.06. The monoisotopic (exact) mass is 399 g/mol. The van der Waals surface area contributed by atoms with Crippen LogP contribution in [0.2, 0.25) is 0 Å². The highest BCUT2D eigenvalue weighted by Gasteiger charge is 2.13. The molecular weight excluding hydrogens is 376 g/mol. The average molecular weight is 400 g/mol. The summed E-state index contributed by atoms with van der Waals surface area (Å²) in [7, 11) is 0. The first-order valence-electron chi connectivity index (χ1n) is 9.00. The van der Waals surface area contributed by atoms with Gasteiger partial charge in [0.1, 0.15) is 0 Å². The number of allylic oxidation sites excluding steroid dienone is 3. The normalized spacial score (nSPS) is 12.3. The Morgan fingerprint density at radius 2 is 1.89 bits per heavy atom. The van der Waals surface area contributed by atoms with Crippen molar-refractivity contribution in [2.45, 2.75) is 33.1 Å². The van der Waals surface area contributed by atoms with E-state index in [9.17, 15) is 13.9 Å². The van der Waals surface area contributed by atoms with Crippen molar-refractivity contribution in [3.05, 3.63) is 81.1 Å². The van der Waals surface area contributed by atoms with Crippen LogP contribution in [0.3, 0.4) is 0 Å². The molecule has 0 atom stereocenters. The zero-order chi connectivity index (χ0) is 20.5. The van der Waals surface area contributed by atoms with Gasteiger partial charge in [0.05, 0.1) is 18.2 Å². The predicted octanol–water partition coefficient (Wildman–Crippen LogP) is 6.11. The van der Waals surface area contributed by atoms with Crippen LogP contribution in [0.1, 0.15) is 30.5 Å². The molecule has 0 aliphatic carbocycles. The van der Waals surface area contributed by atoms with E-state index in [2.05, 4.69) is 6.07 Å². The first-order valence-corrected chi connectivity index (χ1v) is 9.81. The van der Waals surface area contributed by atoms with Crippen LogP contribution in [0.5, 0.6) is 0 Å². The molecule has 0 aromatic heterocycles. The van der Waals surface area contributed by atoms with Gasteiger partial charge in [0.15, 0.2) is 0 Å². The molecule has 0 radical (unpaired) electrons. The van der Waals surface area contributed by atoms with Crippen LogP contribution < -0.4 is 0 Å². The first kappa shape index (κ1) is 21.9. The van der Waals surface area contributed by atoms with E-state index >= 15 is 0 Å². The van der Waals surface area contributed by atoms with Crippen molar-refractivity contribution >= 4 is 11.8 Å². The Hall–Kier alpha value is -2.42. The van der Waals surface area contributed by atoms with Gasteiger partial charge in [-0.3, -0.25) is 0 Å². The summed E-state index contributed by atoms with van der Waals surface area (Å²) >= 11 is 1.52. The molecule has 0 bridgehead atoms. The topological polar surface area (TPSA) is 44.0 Å². The lowest BCUT2D eigenvalue weighted by atomic mass is 9.93. The lowest BCUT2D eigenvalue weighted by Crippen LogP contribution is -2.01. The number of hydrogen-bond acceptors (Lipinski definition) is 3. The maximum absolute atomic E-state index is 13.1. The number of nitrogens with zero attached hydrogens (tertiary/aromatic N) is 1. The summed E-state index contributed by atoms with van der Waals surface area (Å²) in [5.41, 5.74) is 3.54. The highest BCUT2D eigenvalue weighted by atomic mass is 32.2. The molecule has 0 aliphatic rings. The minimum atomic E-state index is -2.44. The van der Waals surface area contributed by atoms with Crippen LogP contribution in [0.4, 0.5) is 8.78 Å². The van der Waals surface area contributed by atoms with E-state index in [1.165, 1.54) is 11.8 Å². The van der Waals surface area contributed by atoms with E-state index in [-0.39, 0.29) is 13.0 Å². The number of halogens is 2. The Morgan fingerprint density at radius 3 is 2.50 bits per heavy atom. The second kappa shape index (κ2) is 10.8. The molecule has 2 aromatic carbocycles. The summed E-state index contributed by atoms with van der Waals surface area (Å²) in [5.74, 6) is 0. The van der Waals surface area contributed by atoms with Crippen molar-refractivity contribution in [3.8, 4) is 17.2 Å². The van der Waals surface area contributed by atoms with Crippen LogP contribution in [0.15, 0.2) is 64.4 Å². The Kier molecular flexibility index (Phi) is 8.43. The predicted molar refractivity (Wildman–Crippen MR) is 112 cm³/mol. The Bertz CT molecular complexity index is 913. The van der Waals surface area contributed by atoms with Gasteiger partial charge in [0.25, 0.3) is 0 Å². The number of aliphatic hydroxyl groups is 1. The minimum Gasteiger partial charge on any atom is -0.391 e. The van der Waals surface area contributed by atoms with E-state index < -0.39 is 6.43 Å². The molecule has 0 saturated heterocycles. The van der Waals surface area contributed by atoms with Gasteiger partial charge in [0, 0.05) is 17.7 Å². The van der Waals surface area contributed by atoms with Crippen LogP contribution >= 0.6 is 11.8 Å². The fraction of sp³-hybridized carbons (Fsp3) is 0.261. The first-order chi connectivity index (χ1) is 13.5. The van der Waals surface area contributed by atoms with Gasteiger partial charge in [-0.25, -0.2) is 8.78 Å². The van der Waals surface area contributed by atoms with Gasteiger partial charge >= 0.3 is 0 Å². The number of benzene rings is 2. The van der Waals surface area contributed by atoms with Crippen LogP contribution in [0.25, 0.3) is 11.1 Å². The standard InChI is InChI=1S/C23H23F2NOS/c1-3-20(28-21(4-2)15-27)11-16-8-9-19(13-23(24)25)22(12-16)18-7-5-6-17(10-18)14-26/h3-10,12,23,27H,11,13,15H2,1-2H3/b20-3-,21-4-. The molecule has 0 saturated carbocycles. The Balaban J connectivity index is 2.41. The van der Waals surface area contributed by atoms with Gasteiger partial charge in [-0.2, -0.15) is 5.26 Å². The highest BCUT2D eigenvalue weighted by Crippen LogP contribution is 2.32. The average Bonchev–Trinajstić information content (AvgIpc) is 2.71. The summed E-state index contributed by atoms with van der Waals surface area (Å²) < 4.78 is 26.1. The smallest absolute Gasteiger partial charge is 0.242 e. The van der Waals surface area contributed by atoms with Gasteiger partial charge < -0.3 is 5.11 Å². The van der Waals surface area contributed by atoms with E-state index in [1.807, 2.05) is 44.2 Å². The van der Waals surface area contributed by atoms with Crippen LogP contribution in [-0.2, 0) is 12.8 Å². The van der Waals surface area contributed by atoms with E-state index in [0.29, 0.717) is 17.5 Å². The zero-order valence-corrected chi connectivity index (χ0v) is 16.8. The lowest BCUT2D eigenvalue weighted by Gasteiger charge is -2.14.